The minimum absolute atomic E-state index is 0.0292. The summed E-state index contributed by atoms with van der Waals surface area (Å²) in [5, 5.41) is 0. The van der Waals surface area contributed by atoms with E-state index in [2.05, 4.69) is 242 Å². The molecule has 3 nitrogen and oxygen atoms in total. The van der Waals surface area contributed by atoms with Crippen molar-refractivity contribution in [2.24, 2.45) is 0 Å². The molecule has 1 aliphatic carbocycles. The van der Waals surface area contributed by atoms with Gasteiger partial charge in [0.2, 0.25) is 0 Å². The summed E-state index contributed by atoms with van der Waals surface area (Å²) in [6, 6.07) is 43.7. The first kappa shape index (κ1) is 44.0. The molecule has 320 valence electrons. The zero-order chi connectivity index (χ0) is 44.5. The van der Waals surface area contributed by atoms with Crippen LogP contribution in [0.25, 0.3) is 11.1 Å². The van der Waals surface area contributed by atoms with Gasteiger partial charge in [0.15, 0.2) is 0 Å². The number of hydrogen-bond acceptors (Lipinski definition) is 3. The third-order valence-electron chi connectivity index (χ3n) is 13.1. The van der Waals surface area contributed by atoms with Gasteiger partial charge in [-0.1, -0.05) is 171 Å². The predicted molar refractivity (Wildman–Crippen MR) is 264 cm³/mol. The summed E-state index contributed by atoms with van der Waals surface area (Å²) in [6.07, 6.45) is 4.22. The molecule has 0 fully saturated rings. The molecule has 7 rings (SSSR count). The van der Waals surface area contributed by atoms with Gasteiger partial charge in [0.1, 0.15) is 12.0 Å². The number of anilines is 6. The molecule has 0 spiro atoms. The molecule has 61 heavy (non-hydrogen) atoms. The average Bonchev–Trinajstić information content (AvgIpc) is 3.64. The number of rotatable bonds is 7. The monoisotopic (exact) mass is 813 g/mol. The van der Waals surface area contributed by atoms with Gasteiger partial charge in [0, 0.05) is 39.3 Å². The molecule has 0 radical (unpaired) electrons. The first-order chi connectivity index (χ1) is 28.3. The van der Waals surface area contributed by atoms with E-state index in [1.165, 1.54) is 38.9 Å². The van der Waals surface area contributed by atoms with E-state index in [0.29, 0.717) is 0 Å². The highest BCUT2D eigenvalue weighted by Crippen LogP contribution is 2.55. The fraction of sp³-hybridized carbons (Fsp3) is 0.414. The lowest BCUT2D eigenvalue weighted by Crippen LogP contribution is -2.33. The van der Waals surface area contributed by atoms with Crippen molar-refractivity contribution < 1.29 is 4.42 Å². The zero-order valence-electron chi connectivity index (χ0n) is 40.3. The van der Waals surface area contributed by atoms with Crippen LogP contribution in [0, 0.1) is 0 Å². The third-order valence-corrected chi connectivity index (χ3v) is 13.1. The first-order valence-electron chi connectivity index (χ1n) is 22.6. The Bertz CT molecular complexity index is 2430. The van der Waals surface area contributed by atoms with E-state index in [0.717, 1.165) is 52.7 Å². The van der Waals surface area contributed by atoms with E-state index in [1.807, 2.05) is 0 Å². The van der Waals surface area contributed by atoms with E-state index in [-0.39, 0.29) is 32.5 Å². The second-order valence-corrected chi connectivity index (χ2v) is 23.2. The number of nitrogens with zero attached hydrogens (tertiary/aromatic N) is 2. The molecule has 1 aromatic heterocycles. The summed E-state index contributed by atoms with van der Waals surface area (Å²) < 4.78 is 6.82. The van der Waals surface area contributed by atoms with Crippen molar-refractivity contribution >= 4 is 34.1 Å². The molecule has 1 aliphatic rings. The van der Waals surface area contributed by atoms with Crippen molar-refractivity contribution in [3.05, 3.63) is 155 Å². The lowest BCUT2D eigenvalue weighted by atomic mass is 9.66. The molecule has 0 aliphatic heterocycles. The molecular weight excluding hydrogens is 741 g/mol. The predicted octanol–water partition coefficient (Wildman–Crippen LogP) is 17.4. The summed E-state index contributed by atoms with van der Waals surface area (Å²) in [5.74, 6) is 1.10. The lowest BCUT2D eigenvalue weighted by Gasteiger charge is -2.40. The fourth-order valence-electron chi connectivity index (χ4n) is 8.94. The van der Waals surface area contributed by atoms with E-state index < -0.39 is 0 Å². The van der Waals surface area contributed by atoms with Crippen LogP contribution in [-0.2, 0) is 32.5 Å². The second-order valence-electron chi connectivity index (χ2n) is 23.2. The zero-order valence-corrected chi connectivity index (χ0v) is 40.3. The Balaban J connectivity index is 1.58. The summed E-state index contributed by atoms with van der Waals surface area (Å²) >= 11 is 0. The van der Waals surface area contributed by atoms with Crippen molar-refractivity contribution in [1.29, 1.82) is 0 Å². The van der Waals surface area contributed by atoms with Crippen molar-refractivity contribution in [3.63, 3.8) is 0 Å². The molecule has 5 aromatic carbocycles. The van der Waals surface area contributed by atoms with Crippen LogP contribution >= 0.6 is 0 Å². The van der Waals surface area contributed by atoms with Gasteiger partial charge in [-0.2, -0.15) is 0 Å². The molecule has 0 saturated heterocycles. The van der Waals surface area contributed by atoms with Crippen LogP contribution in [-0.4, -0.2) is 0 Å². The first-order valence-corrected chi connectivity index (χ1v) is 22.6. The summed E-state index contributed by atoms with van der Waals surface area (Å²) in [4.78, 5) is 4.98. The summed E-state index contributed by atoms with van der Waals surface area (Å²) in [6.45, 7) is 37.1. The van der Waals surface area contributed by atoms with Gasteiger partial charge in [0.25, 0.3) is 0 Å². The molecular formula is C58H72N2O. The minimum atomic E-state index is -0.149. The molecule has 0 saturated carbocycles. The van der Waals surface area contributed by atoms with Crippen LogP contribution in [0.2, 0.25) is 0 Å². The van der Waals surface area contributed by atoms with Crippen LogP contribution in [0.15, 0.2) is 126 Å². The third kappa shape index (κ3) is 8.86. The highest BCUT2D eigenvalue weighted by molar-refractivity contribution is 5.92. The van der Waals surface area contributed by atoms with Gasteiger partial charge in [-0.15, -0.1) is 0 Å². The number of benzene rings is 5. The smallest absolute Gasteiger partial charge is 0.115 e. The maximum absolute atomic E-state index is 6.82. The van der Waals surface area contributed by atoms with Gasteiger partial charge in [-0.05, 0) is 122 Å². The minimum Gasteiger partial charge on any atom is -0.466 e. The highest BCUT2D eigenvalue weighted by Gasteiger charge is 2.44. The number of hydrogen-bond donors (Lipinski definition) is 0. The molecule has 0 unspecified atom stereocenters. The Kier molecular flexibility index (Phi) is 11.1. The molecule has 3 heteroatoms. The van der Waals surface area contributed by atoms with Gasteiger partial charge in [-0.25, -0.2) is 0 Å². The maximum atomic E-state index is 6.82. The van der Waals surface area contributed by atoms with E-state index in [1.54, 1.807) is 0 Å². The summed E-state index contributed by atoms with van der Waals surface area (Å²) in [5.41, 5.74) is 15.4. The van der Waals surface area contributed by atoms with Crippen LogP contribution in [0.1, 0.15) is 157 Å². The molecule has 6 aromatic rings. The van der Waals surface area contributed by atoms with E-state index >= 15 is 0 Å². The Morgan fingerprint density at radius 3 is 1.38 bits per heavy atom. The van der Waals surface area contributed by atoms with Gasteiger partial charge in [0.05, 0.1) is 11.4 Å². The Morgan fingerprint density at radius 1 is 0.426 bits per heavy atom. The Morgan fingerprint density at radius 2 is 0.885 bits per heavy atom. The maximum Gasteiger partial charge on any atom is 0.115 e. The largest absolute Gasteiger partial charge is 0.466 e. The normalized spacial score (nSPS) is 15.3. The topological polar surface area (TPSA) is 19.6 Å². The van der Waals surface area contributed by atoms with Crippen molar-refractivity contribution in [3.8, 4) is 11.1 Å². The van der Waals surface area contributed by atoms with Crippen molar-refractivity contribution in [1.82, 2.24) is 0 Å². The summed E-state index contributed by atoms with van der Waals surface area (Å²) in [7, 11) is 0. The van der Waals surface area contributed by atoms with Gasteiger partial charge < -0.3 is 14.2 Å². The quantitative estimate of drug-likeness (QED) is 0.160. The lowest BCUT2D eigenvalue weighted by molar-refractivity contribution is 0.278. The second kappa shape index (κ2) is 15.4. The number of furan rings is 1. The van der Waals surface area contributed by atoms with Crippen molar-refractivity contribution in [2.75, 3.05) is 9.80 Å². The van der Waals surface area contributed by atoms with E-state index in [4.69, 9.17) is 4.42 Å². The fourth-order valence-corrected chi connectivity index (χ4v) is 8.94. The molecule has 1 heterocycles. The molecule has 0 N–H and O–H groups in total. The van der Waals surface area contributed by atoms with Gasteiger partial charge in [-0.3, -0.25) is 0 Å². The van der Waals surface area contributed by atoms with Crippen LogP contribution in [0.4, 0.5) is 34.1 Å². The van der Waals surface area contributed by atoms with Crippen molar-refractivity contribution in [2.45, 2.75) is 156 Å². The van der Waals surface area contributed by atoms with Crippen LogP contribution in [0.3, 0.4) is 0 Å². The number of fused-ring (bicyclic) bond motifs is 1. The molecule has 0 amide bonds. The van der Waals surface area contributed by atoms with Gasteiger partial charge >= 0.3 is 0 Å². The average molecular weight is 813 g/mol. The molecule has 0 atom stereocenters. The Labute approximate surface area is 369 Å². The SMILES string of the molecule is CC(C)(C)c1ccc(N(c2ccc(C(C)(C)C)cc2)c2cc(N(c3ccc(C(C)(C)C)cc3-c3ccccc3)c3coc4c3C(C)(C)CCC4(C)C)cc(C(C)(C)C)c2)cc1. The van der Waals surface area contributed by atoms with Crippen LogP contribution in [0.5, 0.6) is 0 Å². The van der Waals surface area contributed by atoms with Crippen LogP contribution < -0.4 is 9.80 Å². The Hall–Kier alpha value is -5.02. The highest BCUT2D eigenvalue weighted by atomic mass is 16.3. The van der Waals surface area contributed by atoms with E-state index in [9.17, 15) is 0 Å². The molecule has 0 bridgehead atoms. The standard InChI is InChI=1S/C58H72N2O/c1-53(2,3)40-22-27-44(28-23-40)59(45-29-24-41(25-30-45)54(4,5)6)46-34-43(56(10,11)12)35-47(37-46)60(50-38-61-52-51(50)57(13,14)32-33-58(52,15)16)49-31-26-42(55(7,8)9)36-48(49)39-20-18-17-19-21-39/h17-31,34-38H,32-33H2,1-16H3.